The van der Waals surface area contributed by atoms with Crippen molar-refractivity contribution in [1.82, 2.24) is 0 Å². The average molecular weight is 321 g/mol. The molecular weight excluding hydrogens is 288 g/mol. The van der Waals surface area contributed by atoms with E-state index in [1.54, 1.807) is 5.57 Å². The zero-order chi connectivity index (χ0) is 16.8. The Morgan fingerprint density at radius 3 is 2.50 bits per heavy atom. The molecule has 0 radical (unpaired) electrons. The molecular formula is C24H32. The van der Waals surface area contributed by atoms with E-state index in [0.29, 0.717) is 0 Å². The summed E-state index contributed by atoms with van der Waals surface area (Å²) in [7, 11) is 0. The van der Waals surface area contributed by atoms with Crippen LogP contribution in [-0.2, 0) is 6.42 Å². The zero-order valence-corrected chi connectivity index (χ0v) is 15.5. The molecule has 0 nitrogen and oxygen atoms in total. The predicted octanol–water partition coefficient (Wildman–Crippen LogP) is 7.56. The third-order valence-electron chi connectivity index (χ3n) is 5.52. The van der Waals surface area contributed by atoms with E-state index in [9.17, 15) is 0 Å². The number of unbranched alkanes of at least 4 members (excludes halogenated alkanes) is 4. The number of allylic oxidation sites excluding steroid dienone is 2. The maximum absolute atomic E-state index is 2.46. The Labute approximate surface area is 148 Å². The van der Waals surface area contributed by atoms with Crippen LogP contribution in [0.1, 0.15) is 76.3 Å². The van der Waals surface area contributed by atoms with Crippen molar-refractivity contribution in [3.8, 4) is 0 Å². The molecule has 128 valence electrons. The normalized spacial score (nSPS) is 17.9. The molecule has 1 aliphatic rings. The van der Waals surface area contributed by atoms with Crippen molar-refractivity contribution in [2.45, 2.75) is 71.6 Å². The lowest BCUT2D eigenvalue weighted by Crippen LogP contribution is -2.00. The second-order valence-electron chi connectivity index (χ2n) is 7.67. The van der Waals surface area contributed by atoms with Crippen molar-refractivity contribution in [2.75, 3.05) is 0 Å². The fourth-order valence-electron chi connectivity index (χ4n) is 3.81. The van der Waals surface area contributed by atoms with Gasteiger partial charge in [-0.2, -0.15) is 0 Å². The first-order valence-electron chi connectivity index (χ1n) is 9.98. The van der Waals surface area contributed by atoms with Crippen molar-refractivity contribution in [2.24, 2.45) is 5.92 Å². The molecule has 3 rings (SSSR count). The Hall–Kier alpha value is -1.56. The van der Waals surface area contributed by atoms with Crippen LogP contribution in [0.5, 0.6) is 0 Å². The topological polar surface area (TPSA) is 0 Å². The van der Waals surface area contributed by atoms with Gasteiger partial charge in [-0.05, 0) is 71.6 Å². The number of aryl methyl sites for hydroxylation is 1. The number of rotatable bonds is 7. The number of benzene rings is 2. The summed E-state index contributed by atoms with van der Waals surface area (Å²) in [6, 6.07) is 14.1. The first-order chi connectivity index (χ1) is 11.8. The fraction of sp³-hybridized carbons (Fsp3) is 0.500. The molecule has 0 fully saturated rings. The molecule has 1 unspecified atom stereocenters. The second-order valence-corrected chi connectivity index (χ2v) is 7.67. The van der Waals surface area contributed by atoms with Crippen LogP contribution < -0.4 is 0 Å². The lowest BCUT2D eigenvalue weighted by Gasteiger charge is -2.18. The van der Waals surface area contributed by atoms with Gasteiger partial charge in [0, 0.05) is 0 Å². The van der Waals surface area contributed by atoms with Gasteiger partial charge >= 0.3 is 0 Å². The van der Waals surface area contributed by atoms with E-state index in [1.165, 1.54) is 79.7 Å². The van der Waals surface area contributed by atoms with E-state index < -0.39 is 0 Å². The van der Waals surface area contributed by atoms with Crippen molar-refractivity contribution in [3.63, 3.8) is 0 Å². The molecule has 2 aromatic rings. The van der Waals surface area contributed by atoms with Crippen LogP contribution in [0.25, 0.3) is 16.3 Å². The summed E-state index contributed by atoms with van der Waals surface area (Å²) in [5.74, 6) is 0.856. The smallest absolute Gasteiger partial charge is 0.0178 e. The number of hydrogen-bond acceptors (Lipinski definition) is 0. The Bertz CT molecular complexity index is 692. The molecule has 2 aromatic carbocycles. The minimum Gasteiger partial charge on any atom is -0.0805 e. The maximum atomic E-state index is 2.46. The molecule has 0 heteroatoms. The Morgan fingerprint density at radius 2 is 1.71 bits per heavy atom. The van der Waals surface area contributed by atoms with Crippen molar-refractivity contribution in [3.05, 3.63) is 53.6 Å². The summed E-state index contributed by atoms with van der Waals surface area (Å²) >= 11 is 0. The Balaban J connectivity index is 1.67. The summed E-state index contributed by atoms with van der Waals surface area (Å²) in [5, 5.41) is 2.79. The second kappa shape index (κ2) is 8.51. The molecule has 24 heavy (non-hydrogen) atoms. The number of hydrogen-bond donors (Lipinski definition) is 0. The van der Waals surface area contributed by atoms with E-state index in [0.717, 1.165) is 5.92 Å². The van der Waals surface area contributed by atoms with Gasteiger partial charge in [-0.3, -0.25) is 0 Å². The van der Waals surface area contributed by atoms with Crippen LogP contribution in [0.15, 0.2) is 42.5 Å². The van der Waals surface area contributed by atoms with Crippen LogP contribution in [0.3, 0.4) is 0 Å². The summed E-state index contributed by atoms with van der Waals surface area (Å²) in [4.78, 5) is 0. The first kappa shape index (κ1) is 17.3. The molecule has 1 aliphatic carbocycles. The van der Waals surface area contributed by atoms with Gasteiger partial charge in [0.15, 0.2) is 0 Å². The Morgan fingerprint density at radius 1 is 0.917 bits per heavy atom. The standard InChI is InChI=1S/C24H32/c1-3-4-5-6-7-8-20-11-14-24-18-23(16-15-22(24)17-20)21-12-9-19(2)10-13-21/h11-12,14-19H,3-10,13H2,1-2H3. The van der Waals surface area contributed by atoms with Gasteiger partial charge in [-0.25, -0.2) is 0 Å². The van der Waals surface area contributed by atoms with Gasteiger partial charge in [0.2, 0.25) is 0 Å². The van der Waals surface area contributed by atoms with Crippen LogP contribution >= 0.6 is 0 Å². The zero-order valence-electron chi connectivity index (χ0n) is 15.5. The third-order valence-corrected chi connectivity index (χ3v) is 5.52. The minimum atomic E-state index is 0.856. The van der Waals surface area contributed by atoms with Crippen LogP contribution in [0.2, 0.25) is 0 Å². The largest absolute Gasteiger partial charge is 0.0805 e. The highest BCUT2D eigenvalue weighted by Gasteiger charge is 2.11. The molecule has 0 saturated heterocycles. The monoisotopic (exact) mass is 320 g/mol. The van der Waals surface area contributed by atoms with Crippen LogP contribution in [0.4, 0.5) is 0 Å². The molecule has 0 amide bonds. The van der Waals surface area contributed by atoms with Gasteiger partial charge in [0.25, 0.3) is 0 Å². The summed E-state index contributed by atoms with van der Waals surface area (Å²) < 4.78 is 0. The van der Waals surface area contributed by atoms with Gasteiger partial charge < -0.3 is 0 Å². The lowest BCUT2D eigenvalue weighted by molar-refractivity contribution is 0.534. The SMILES string of the molecule is CCCCCCCc1ccc2cc(C3=CCC(C)CC3)ccc2c1. The van der Waals surface area contributed by atoms with E-state index >= 15 is 0 Å². The summed E-state index contributed by atoms with van der Waals surface area (Å²) in [6.07, 6.45) is 14.3. The van der Waals surface area contributed by atoms with Gasteiger partial charge in [0.05, 0.1) is 0 Å². The molecule has 1 atom stereocenters. The van der Waals surface area contributed by atoms with Crippen LogP contribution in [-0.4, -0.2) is 0 Å². The van der Waals surface area contributed by atoms with Gasteiger partial charge in [0.1, 0.15) is 0 Å². The van der Waals surface area contributed by atoms with Gasteiger partial charge in [-0.15, -0.1) is 0 Å². The van der Waals surface area contributed by atoms with Crippen molar-refractivity contribution < 1.29 is 0 Å². The van der Waals surface area contributed by atoms with Crippen LogP contribution in [0, 0.1) is 5.92 Å². The molecule has 0 saturated carbocycles. The highest BCUT2D eigenvalue weighted by molar-refractivity contribution is 5.87. The summed E-state index contributed by atoms with van der Waals surface area (Å²) in [5.41, 5.74) is 4.48. The van der Waals surface area contributed by atoms with E-state index in [-0.39, 0.29) is 0 Å². The molecule has 0 aliphatic heterocycles. The maximum Gasteiger partial charge on any atom is -0.0178 e. The van der Waals surface area contributed by atoms with E-state index in [2.05, 4.69) is 56.3 Å². The molecule has 0 bridgehead atoms. The lowest BCUT2D eigenvalue weighted by atomic mass is 9.87. The molecule has 0 heterocycles. The molecule has 0 N–H and O–H groups in total. The molecule has 0 spiro atoms. The van der Waals surface area contributed by atoms with Crippen molar-refractivity contribution in [1.29, 1.82) is 0 Å². The average Bonchev–Trinajstić information content (AvgIpc) is 2.62. The number of fused-ring (bicyclic) bond motifs is 1. The predicted molar refractivity (Wildman–Crippen MR) is 107 cm³/mol. The fourth-order valence-corrected chi connectivity index (χ4v) is 3.81. The Kier molecular flexibility index (Phi) is 6.12. The quantitative estimate of drug-likeness (QED) is 0.462. The van der Waals surface area contributed by atoms with E-state index in [4.69, 9.17) is 0 Å². The molecule has 0 aromatic heterocycles. The summed E-state index contributed by atoms with van der Waals surface area (Å²) in [6.45, 7) is 4.64. The minimum absolute atomic E-state index is 0.856. The van der Waals surface area contributed by atoms with Crippen molar-refractivity contribution >= 4 is 16.3 Å². The van der Waals surface area contributed by atoms with E-state index in [1.807, 2.05) is 0 Å². The third kappa shape index (κ3) is 4.50. The highest BCUT2D eigenvalue weighted by atomic mass is 14.2. The van der Waals surface area contributed by atoms with Gasteiger partial charge in [-0.1, -0.05) is 75.9 Å². The first-order valence-corrected chi connectivity index (χ1v) is 9.98. The highest BCUT2D eigenvalue weighted by Crippen LogP contribution is 2.31.